The van der Waals surface area contributed by atoms with Gasteiger partial charge in [0.05, 0.1) is 0 Å². The molecule has 0 unspecified atom stereocenters. The minimum atomic E-state index is -0.524. The van der Waals surface area contributed by atoms with Crippen LogP contribution in [0.25, 0.3) is 6.08 Å². The second-order valence-electron chi connectivity index (χ2n) is 6.34. The lowest BCUT2D eigenvalue weighted by atomic mass is 10.1. The highest BCUT2D eigenvalue weighted by molar-refractivity contribution is 7.80. The Morgan fingerprint density at radius 1 is 1.18 bits per heavy atom. The highest BCUT2D eigenvalue weighted by Gasteiger charge is 2.32. The number of carbonyl (C=O) groups excluding carboxylic acids is 2. The third kappa shape index (κ3) is 4.35. The van der Waals surface area contributed by atoms with E-state index in [-0.39, 0.29) is 17.2 Å². The van der Waals surface area contributed by atoms with E-state index < -0.39 is 11.8 Å². The molecule has 0 saturated carbocycles. The molecule has 0 bridgehead atoms. The van der Waals surface area contributed by atoms with Crippen molar-refractivity contribution in [1.29, 1.82) is 0 Å². The summed E-state index contributed by atoms with van der Waals surface area (Å²) in [6.45, 7) is 6.25. The van der Waals surface area contributed by atoms with Crippen LogP contribution in [0.5, 0.6) is 5.75 Å². The van der Waals surface area contributed by atoms with Crippen molar-refractivity contribution in [3.05, 3.63) is 83.4 Å². The third-order valence-electron chi connectivity index (χ3n) is 4.19. The molecule has 2 aromatic rings. The fourth-order valence-electron chi connectivity index (χ4n) is 2.84. The number of nitrogens with one attached hydrogen (secondary N) is 1. The zero-order chi connectivity index (χ0) is 20.1. The van der Waals surface area contributed by atoms with Crippen LogP contribution in [0.3, 0.4) is 0 Å². The zero-order valence-electron chi connectivity index (χ0n) is 15.5. The number of benzene rings is 2. The van der Waals surface area contributed by atoms with E-state index in [9.17, 15) is 9.59 Å². The fourth-order valence-corrected chi connectivity index (χ4v) is 3.09. The summed E-state index contributed by atoms with van der Waals surface area (Å²) in [7, 11) is 0. The van der Waals surface area contributed by atoms with Gasteiger partial charge in [-0.1, -0.05) is 54.1 Å². The Kier molecular flexibility index (Phi) is 6.01. The molecule has 0 aromatic heterocycles. The van der Waals surface area contributed by atoms with Gasteiger partial charge in [-0.15, -0.1) is 6.58 Å². The van der Waals surface area contributed by atoms with Crippen molar-refractivity contribution >= 4 is 35.2 Å². The highest BCUT2D eigenvalue weighted by Crippen LogP contribution is 2.24. The van der Waals surface area contributed by atoms with Crippen molar-refractivity contribution < 1.29 is 14.3 Å². The second-order valence-corrected chi connectivity index (χ2v) is 6.72. The average molecular weight is 392 g/mol. The summed E-state index contributed by atoms with van der Waals surface area (Å²) in [6.07, 6.45) is 3.08. The van der Waals surface area contributed by atoms with Gasteiger partial charge in [-0.2, -0.15) is 0 Å². The number of rotatable bonds is 6. The zero-order valence-corrected chi connectivity index (χ0v) is 16.3. The van der Waals surface area contributed by atoms with Crippen LogP contribution in [-0.4, -0.2) is 28.4 Å². The van der Waals surface area contributed by atoms with Crippen molar-refractivity contribution in [1.82, 2.24) is 10.2 Å². The molecule has 1 heterocycles. The number of ether oxygens (including phenoxy) is 1. The van der Waals surface area contributed by atoms with Gasteiger partial charge in [0.1, 0.15) is 17.9 Å². The number of para-hydroxylation sites is 1. The first-order valence-electron chi connectivity index (χ1n) is 8.76. The van der Waals surface area contributed by atoms with Gasteiger partial charge in [0, 0.05) is 12.1 Å². The molecule has 0 spiro atoms. The minimum Gasteiger partial charge on any atom is -0.488 e. The van der Waals surface area contributed by atoms with Crippen LogP contribution in [0.1, 0.15) is 16.7 Å². The maximum Gasteiger partial charge on any atom is 0.265 e. The third-order valence-corrected chi connectivity index (χ3v) is 4.52. The lowest BCUT2D eigenvalue weighted by molar-refractivity contribution is -0.128. The molecule has 142 valence electrons. The number of aryl methyl sites for hydroxylation is 1. The summed E-state index contributed by atoms with van der Waals surface area (Å²) in [5, 5.41) is 2.62. The molecule has 28 heavy (non-hydrogen) atoms. The molecule has 0 radical (unpaired) electrons. The number of thiocarbonyl (C=S) groups is 1. The molecular weight excluding hydrogens is 372 g/mol. The van der Waals surface area contributed by atoms with Crippen LogP contribution in [0.15, 0.2) is 66.8 Å². The SMILES string of the molecule is C=CCN1C(=O)/C(=C/c2ccccc2OCc2cccc(C)c2)C(=O)NC1=S. The van der Waals surface area contributed by atoms with Crippen molar-refractivity contribution in [2.45, 2.75) is 13.5 Å². The molecule has 0 aliphatic carbocycles. The van der Waals surface area contributed by atoms with Gasteiger partial charge in [0.15, 0.2) is 5.11 Å². The van der Waals surface area contributed by atoms with Crippen LogP contribution >= 0.6 is 12.2 Å². The fraction of sp³-hybridized carbons (Fsp3) is 0.136. The molecule has 2 amide bonds. The quantitative estimate of drug-likeness (QED) is 0.354. The number of nitrogens with zero attached hydrogens (tertiary/aromatic N) is 1. The molecule has 1 N–H and O–H groups in total. The molecule has 0 atom stereocenters. The average Bonchev–Trinajstić information content (AvgIpc) is 2.67. The summed E-state index contributed by atoms with van der Waals surface area (Å²) < 4.78 is 5.94. The van der Waals surface area contributed by atoms with E-state index in [2.05, 4.69) is 11.9 Å². The minimum absolute atomic E-state index is 0.00190. The first kappa shape index (κ1) is 19.5. The van der Waals surface area contributed by atoms with Crippen LogP contribution in [0, 0.1) is 6.92 Å². The summed E-state index contributed by atoms with van der Waals surface area (Å²) in [6, 6.07) is 15.3. The largest absolute Gasteiger partial charge is 0.488 e. The molecule has 3 rings (SSSR count). The Labute approximate surface area is 169 Å². The van der Waals surface area contributed by atoms with Gasteiger partial charge >= 0.3 is 0 Å². The van der Waals surface area contributed by atoms with Gasteiger partial charge in [0.2, 0.25) is 0 Å². The molecule has 2 aromatic carbocycles. The van der Waals surface area contributed by atoms with E-state index in [4.69, 9.17) is 17.0 Å². The lowest BCUT2D eigenvalue weighted by Gasteiger charge is -2.27. The standard InChI is InChI=1S/C22H20N2O3S/c1-3-11-24-21(26)18(20(25)23-22(24)28)13-17-9-4-5-10-19(17)27-14-16-8-6-7-15(2)12-16/h3-10,12-13H,1,11,14H2,2H3,(H,23,25,28)/b18-13+. The summed E-state index contributed by atoms with van der Waals surface area (Å²) in [5.74, 6) is -0.397. The maximum atomic E-state index is 12.7. The molecule has 1 saturated heterocycles. The Balaban J connectivity index is 1.87. The normalized spacial score (nSPS) is 15.5. The first-order chi connectivity index (χ1) is 13.5. The van der Waals surface area contributed by atoms with E-state index in [1.54, 1.807) is 18.2 Å². The van der Waals surface area contributed by atoms with Crippen LogP contribution < -0.4 is 10.1 Å². The monoisotopic (exact) mass is 392 g/mol. The number of carbonyl (C=O) groups is 2. The van der Waals surface area contributed by atoms with Crippen molar-refractivity contribution in [3.63, 3.8) is 0 Å². The molecule has 1 fully saturated rings. The van der Waals surface area contributed by atoms with Crippen molar-refractivity contribution in [3.8, 4) is 5.75 Å². The lowest BCUT2D eigenvalue weighted by Crippen LogP contribution is -2.53. The van der Waals surface area contributed by atoms with E-state index >= 15 is 0 Å². The van der Waals surface area contributed by atoms with Gasteiger partial charge in [0.25, 0.3) is 11.8 Å². The van der Waals surface area contributed by atoms with E-state index in [0.717, 1.165) is 11.1 Å². The molecule has 6 heteroatoms. The molecule has 1 aliphatic heterocycles. The smallest absolute Gasteiger partial charge is 0.265 e. The number of hydrogen-bond donors (Lipinski definition) is 1. The van der Waals surface area contributed by atoms with Crippen molar-refractivity contribution in [2.24, 2.45) is 0 Å². The predicted octanol–water partition coefficient (Wildman–Crippen LogP) is 3.39. The first-order valence-corrected chi connectivity index (χ1v) is 9.17. The Morgan fingerprint density at radius 3 is 2.71 bits per heavy atom. The van der Waals surface area contributed by atoms with Crippen LogP contribution in [0.2, 0.25) is 0 Å². The van der Waals surface area contributed by atoms with Gasteiger partial charge in [-0.25, -0.2) is 0 Å². The van der Waals surface area contributed by atoms with Gasteiger partial charge < -0.3 is 4.74 Å². The van der Waals surface area contributed by atoms with Gasteiger partial charge in [-0.05, 0) is 36.8 Å². The van der Waals surface area contributed by atoms with Gasteiger partial charge in [-0.3, -0.25) is 19.8 Å². The topological polar surface area (TPSA) is 58.6 Å². The van der Waals surface area contributed by atoms with E-state index in [0.29, 0.717) is 17.9 Å². The van der Waals surface area contributed by atoms with Crippen LogP contribution in [0.4, 0.5) is 0 Å². The maximum absolute atomic E-state index is 12.7. The van der Waals surface area contributed by atoms with E-state index in [1.807, 2.05) is 43.3 Å². The Hall–Kier alpha value is -3.25. The summed E-state index contributed by atoms with van der Waals surface area (Å²) in [4.78, 5) is 26.3. The number of hydrogen-bond acceptors (Lipinski definition) is 4. The second kappa shape index (κ2) is 8.63. The number of amides is 2. The molecule has 1 aliphatic rings. The predicted molar refractivity (Wildman–Crippen MR) is 113 cm³/mol. The van der Waals surface area contributed by atoms with E-state index in [1.165, 1.54) is 11.0 Å². The Bertz CT molecular complexity index is 981. The Morgan fingerprint density at radius 2 is 1.96 bits per heavy atom. The highest BCUT2D eigenvalue weighted by atomic mass is 32.1. The van der Waals surface area contributed by atoms with Crippen molar-refractivity contribution in [2.75, 3.05) is 6.54 Å². The van der Waals surface area contributed by atoms with Crippen LogP contribution in [-0.2, 0) is 16.2 Å². The molecule has 5 nitrogen and oxygen atoms in total. The molecular formula is C22H20N2O3S. The summed E-state index contributed by atoms with van der Waals surface area (Å²) >= 11 is 5.07. The summed E-state index contributed by atoms with van der Waals surface area (Å²) in [5.41, 5.74) is 2.83.